The van der Waals surface area contributed by atoms with Crippen LogP contribution < -0.4 is 4.90 Å². The summed E-state index contributed by atoms with van der Waals surface area (Å²) < 4.78 is 5.71. The minimum Gasteiger partial charge on any atom is -0.389 e. The lowest BCUT2D eigenvalue weighted by molar-refractivity contribution is -0.0473. The summed E-state index contributed by atoms with van der Waals surface area (Å²) in [6, 6.07) is 6.01. The van der Waals surface area contributed by atoms with Crippen LogP contribution in [0.5, 0.6) is 0 Å². The van der Waals surface area contributed by atoms with E-state index in [0.29, 0.717) is 6.54 Å². The maximum Gasteiger partial charge on any atom is 0.125 e. The first kappa shape index (κ1) is 20.1. The molecule has 0 amide bonds. The predicted octanol–water partition coefficient (Wildman–Crippen LogP) is 2.95. The molecule has 0 saturated carbocycles. The first-order chi connectivity index (χ1) is 11.9. The van der Waals surface area contributed by atoms with Crippen LogP contribution in [0.15, 0.2) is 18.2 Å². The molecule has 0 spiro atoms. The van der Waals surface area contributed by atoms with Gasteiger partial charge in [-0.05, 0) is 38.0 Å². The fourth-order valence-corrected chi connectivity index (χ4v) is 3.14. The van der Waals surface area contributed by atoms with Crippen molar-refractivity contribution in [2.45, 2.75) is 38.9 Å². The van der Waals surface area contributed by atoms with E-state index < -0.39 is 11.7 Å². The third kappa shape index (κ3) is 5.62. The molecule has 2 atom stereocenters. The van der Waals surface area contributed by atoms with Gasteiger partial charge in [0.05, 0.1) is 12.7 Å². The van der Waals surface area contributed by atoms with Gasteiger partial charge in [-0.25, -0.2) is 0 Å². The van der Waals surface area contributed by atoms with Gasteiger partial charge in [0.2, 0.25) is 0 Å². The van der Waals surface area contributed by atoms with Crippen molar-refractivity contribution in [3.05, 3.63) is 28.8 Å². The largest absolute Gasteiger partial charge is 0.389 e. The van der Waals surface area contributed by atoms with Gasteiger partial charge in [0.25, 0.3) is 0 Å². The summed E-state index contributed by atoms with van der Waals surface area (Å²) in [5.41, 5.74) is 1.84. The Kier molecular flexibility index (Phi) is 7.15. The summed E-state index contributed by atoms with van der Waals surface area (Å²) in [4.78, 5) is 4.62. The smallest absolute Gasteiger partial charge is 0.125 e. The molecule has 1 fully saturated rings. The second-order valence-electron chi connectivity index (χ2n) is 6.91. The Morgan fingerprint density at radius 2 is 2.04 bits per heavy atom. The summed E-state index contributed by atoms with van der Waals surface area (Å²) >= 11 is 6.13. The minimum atomic E-state index is -0.593. The average Bonchev–Trinajstić information content (AvgIpc) is 2.62. The van der Waals surface area contributed by atoms with Crippen LogP contribution in [-0.4, -0.2) is 61.0 Å². The number of β-amino-alcohol motifs (C(OH)–C–C–N with tert-alkyl or cyclic N) is 1. The number of nitrogens with zero attached hydrogens (tertiary/aromatic N) is 2. The highest BCUT2D eigenvalue weighted by molar-refractivity contribution is 6.30. The maximum atomic E-state index is 10.3. The first-order valence-electron chi connectivity index (χ1n) is 8.90. The van der Waals surface area contributed by atoms with Crippen molar-refractivity contribution in [2.24, 2.45) is 0 Å². The van der Waals surface area contributed by atoms with Gasteiger partial charge in [-0.2, -0.15) is 0 Å². The lowest BCUT2D eigenvalue weighted by atomic mass is 10.1. The summed E-state index contributed by atoms with van der Waals surface area (Å²) in [5, 5.41) is 11.0. The number of piperazine rings is 1. The summed E-state index contributed by atoms with van der Waals surface area (Å²) in [6.45, 7) is 10.5. The van der Waals surface area contributed by atoms with Crippen molar-refractivity contribution in [1.82, 2.24) is 4.90 Å². The Bertz CT molecular complexity index is 608. The molecule has 1 aliphatic heterocycles. The van der Waals surface area contributed by atoms with Gasteiger partial charge in [-0.1, -0.05) is 30.5 Å². The molecule has 138 valence electrons. The lowest BCUT2D eigenvalue weighted by Gasteiger charge is -2.37. The number of rotatable bonds is 7. The Morgan fingerprint density at radius 3 is 2.64 bits per heavy atom. The van der Waals surface area contributed by atoms with E-state index in [9.17, 15) is 5.11 Å². The van der Waals surface area contributed by atoms with Gasteiger partial charge < -0.3 is 14.7 Å². The minimum absolute atomic E-state index is 0.266. The van der Waals surface area contributed by atoms with Crippen molar-refractivity contribution >= 4 is 17.3 Å². The molecule has 0 radical (unpaired) electrons. The number of aliphatic hydroxyl groups is 1. The molecular formula is C20H29ClN2O2. The Labute approximate surface area is 156 Å². The molecule has 1 aromatic carbocycles. The molecule has 1 aromatic rings. The molecule has 2 unspecified atom stereocenters. The number of terminal acetylenes is 1. The van der Waals surface area contributed by atoms with Gasteiger partial charge in [-0.15, -0.1) is 6.42 Å². The first-order valence-corrected chi connectivity index (χ1v) is 9.28. The fourth-order valence-electron chi connectivity index (χ4n) is 2.97. The Hall–Kier alpha value is -1.25. The maximum absolute atomic E-state index is 10.3. The number of aliphatic hydroxyl groups excluding tert-OH is 1. The zero-order valence-electron chi connectivity index (χ0n) is 15.5. The van der Waals surface area contributed by atoms with E-state index in [-0.39, 0.29) is 6.61 Å². The van der Waals surface area contributed by atoms with Gasteiger partial charge in [0, 0.05) is 43.4 Å². The van der Waals surface area contributed by atoms with Crippen LogP contribution in [0, 0.1) is 19.3 Å². The molecule has 1 N–H and O–H groups in total. The van der Waals surface area contributed by atoms with Crippen LogP contribution >= 0.6 is 11.6 Å². The summed E-state index contributed by atoms with van der Waals surface area (Å²) in [6.07, 6.45) is 5.70. The van der Waals surface area contributed by atoms with Crippen LogP contribution in [0.3, 0.4) is 0 Å². The highest BCUT2D eigenvalue weighted by Crippen LogP contribution is 2.25. The molecule has 5 heteroatoms. The zero-order chi connectivity index (χ0) is 18.4. The van der Waals surface area contributed by atoms with Crippen LogP contribution in [0.1, 0.15) is 25.8 Å². The van der Waals surface area contributed by atoms with E-state index >= 15 is 0 Å². The Balaban J connectivity index is 1.80. The monoisotopic (exact) mass is 364 g/mol. The van der Waals surface area contributed by atoms with Crippen molar-refractivity contribution in [3.8, 4) is 12.3 Å². The average molecular weight is 365 g/mol. The topological polar surface area (TPSA) is 35.9 Å². The second kappa shape index (κ2) is 8.91. The van der Waals surface area contributed by atoms with Gasteiger partial charge in [0.1, 0.15) is 5.60 Å². The highest BCUT2D eigenvalue weighted by atomic mass is 35.5. The number of hydrogen-bond acceptors (Lipinski definition) is 4. The Morgan fingerprint density at radius 1 is 1.36 bits per heavy atom. The number of ether oxygens (including phenoxy) is 1. The number of hydrogen-bond donors (Lipinski definition) is 1. The molecule has 25 heavy (non-hydrogen) atoms. The number of aryl methyl sites for hydroxylation is 1. The second-order valence-corrected chi connectivity index (χ2v) is 7.35. The molecule has 1 aliphatic rings. The number of benzene rings is 1. The van der Waals surface area contributed by atoms with Crippen molar-refractivity contribution in [2.75, 3.05) is 44.2 Å². The van der Waals surface area contributed by atoms with Crippen molar-refractivity contribution in [1.29, 1.82) is 0 Å². The summed E-state index contributed by atoms with van der Waals surface area (Å²) in [7, 11) is 0. The molecule has 0 aromatic heterocycles. The molecule has 2 rings (SSSR count). The van der Waals surface area contributed by atoms with E-state index in [4.69, 9.17) is 22.8 Å². The predicted molar refractivity (Wildman–Crippen MR) is 104 cm³/mol. The molecule has 4 nitrogen and oxygen atoms in total. The van der Waals surface area contributed by atoms with Crippen LogP contribution in [0.2, 0.25) is 5.02 Å². The molecule has 1 heterocycles. The lowest BCUT2D eigenvalue weighted by Crippen LogP contribution is -2.49. The van der Waals surface area contributed by atoms with E-state index in [2.05, 4.69) is 28.7 Å². The van der Waals surface area contributed by atoms with Crippen LogP contribution in [0.25, 0.3) is 0 Å². The third-order valence-electron chi connectivity index (χ3n) is 4.93. The van der Waals surface area contributed by atoms with E-state index in [1.165, 1.54) is 11.3 Å². The van der Waals surface area contributed by atoms with Gasteiger partial charge in [-0.3, -0.25) is 4.90 Å². The van der Waals surface area contributed by atoms with E-state index in [1.54, 1.807) is 0 Å². The van der Waals surface area contributed by atoms with Crippen LogP contribution in [0.4, 0.5) is 5.69 Å². The van der Waals surface area contributed by atoms with Crippen LogP contribution in [-0.2, 0) is 4.74 Å². The summed E-state index contributed by atoms with van der Waals surface area (Å²) in [5.74, 6) is 2.66. The molecule has 0 aliphatic carbocycles. The zero-order valence-corrected chi connectivity index (χ0v) is 16.2. The van der Waals surface area contributed by atoms with Gasteiger partial charge >= 0.3 is 0 Å². The van der Waals surface area contributed by atoms with Crippen molar-refractivity contribution < 1.29 is 9.84 Å². The van der Waals surface area contributed by atoms with E-state index in [0.717, 1.165) is 37.6 Å². The quantitative estimate of drug-likeness (QED) is 0.754. The molecular weight excluding hydrogens is 336 g/mol. The highest BCUT2D eigenvalue weighted by Gasteiger charge is 2.24. The standard InChI is InChI=1S/C20H29ClN2O2/c1-5-20(4,6-2)25-15-18(24)14-22-9-11-23(12-10-22)19-13-17(21)8-7-16(19)3/h1,7-8,13,18,24H,6,9-12,14-15H2,2-4H3. The van der Waals surface area contributed by atoms with E-state index in [1.807, 2.05) is 26.0 Å². The number of halogens is 1. The SMILES string of the molecule is C#CC(C)(CC)OCC(O)CN1CCN(c2cc(Cl)ccc2C)CC1. The molecule has 0 bridgehead atoms. The normalized spacial score (nSPS) is 19.3. The third-order valence-corrected chi connectivity index (χ3v) is 5.16. The van der Waals surface area contributed by atoms with Crippen molar-refractivity contribution in [3.63, 3.8) is 0 Å². The van der Waals surface area contributed by atoms with Gasteiger partial charge in [0.15, 0.2) is 0 Å². The fraction of sp³-hybridized carbons (Fsp3) is 0.600. The molecule has 1 saturated heterocycles. The number of anilines is 1.